The first-order valence-electron chi connectivity index (χ1n) is 3.00. The third-order valence-electron chi connectivity index (χ3n) is 0.769. The molecule has 0 heterocycles. The van der Waals surface area contributed by atoms with Crippen molar-refractivity contribution in [3.05, 3.63) is 24.3 Å². The molecule has 0 aromatic rings. The average molecular weight is 222 g/mol. The Morgan fingerprint density at radius 2 is 1.85 bits per heavy atom. The molecule has 64 valence electrons. The summed E-state index contributed by atoms with van der Waals surface area (Å²) in [6, 6.07) is 0. The van der Waals surface area contributed by atoms with Crippen LogP contribution in [0.3, 0.4) is 0 Å². The van der Waals surface area contributed by atoms with Gasteiger partial charge >= 0.3 is 59.1 Å². The quantitative estimate of drug-likeness (QED) is 0.269. The molecule has 0 unspecified atom stereocenters. The fourth-order valence-corrected chi connectivity index (χ4v) is 0.648. The Morgan fingerprint density at radius 3 is 2.23 bits per heavy atom. The maximum atomic E-state index is 9.86. The summed E-state index contributed by atoms with van der Waals surface area (Å²) in [4.78, 5) is 19.7. The summed E-state index contributed by atoms with van der Waals surface area (Å²) < 4.78 is 13.8. The van der Waals surface area contributed by atoms with Gasteiger partial charge < -0.3 is 18.9 Å². The first-order valence-corrected chi connectivity index (χ1v) is 4.47. The molecule has 0 atom stereocenters. The van der Waals surface area contributed by atoms with Crippen LogP contribution in [0.15, 0.2) is 24.3 Å². The van der Waals surface area contributed by atoms with Gasteiger partial charge in [-0.1, -0.05) is 24.3 Å². The van der Waals surface area contributed by atoms with E-state index in [2.05, 4.69) is 4.52 Å². The minimum Gasteiger partial charge on any atom is -0.790 e. The van der Waals surface area contributed by atoms with Gasteiger partial charge in [0, 0.05) is 0 Å². The zero-order chi connectivity index (χ0) is 8.74. The van der Waals surface area contributed by atoms with Crippen molar-refractivity contribution in [2.75, 3.05) is 6.61 Å². The van der Waals surface area contributed by atoms with Gasteiger partial charge in [0.15, 0.2) is 0 Å². The molecule has 7 heteroatoms. The molecule has 0 saturated carbocycles. The van der Waals surface area contributed by atoms with Crippen molar-refractivity contribution in [2.45, 2.75) is 6.92 Å². The fraction of sp³-hybridized carbons (Fsp3) is 0.333. The molecule has 0 aliphatic carbocycles. The van der Waals surface area contributed by atoms with E-state index >= 15 is 0 Å². The molecule has 13 heavy (non-hydrogen) atoms. The Kier molecular flexibility index (Phi) is 18.0. The Morgan fingerprint density at radius 1 is 1.31 bits per heavy atom. The first kappa shape index (κ1) is 20.1. The summed E-state index contributed by atoms with van der Waals surface area (Å²) in [5, 5.41) is 0. The molecular weight excluding hydrogens is 213 g/mol. The molecule has 0 N–H and O–H groups in total. The summed E-state index contributed by atoms with van der Waals surface area (Å²) in [5.74, 6) is 0. The Balaban J connectivity index is -0.000000500. The number of hydrogen-bond acceptors (Lipinski definition) is 4. The van der Waals surface area contributed by atoms with E-state index in [1.807, 2.05) is 6.92 Å². The smallest absolute Gasteiger partial charge is 0.790 e. The maximum absolute atomic E-state index is 9.86. The van der Waals surface area contributed by atoms with Crippen molar-refractivity contribution in [1.29, 1.82) is 0 Å². The van der Waals surface area contributed by atoms with Crippen molar-refractivity contribution in [2.24, 2.45) is 0 Å². The molecular formula is C6H9Na2O4P. The van der Waals surface area contributed by atoms with Crippen molar-refractivity contribution in [3.63, 3.8) is 0 Å². The zero-order valence-corrected chi connectivity index (χ0v) is 13.0. The second kappa shape index (κ2) is 11.7. The predicted molar refractivity (Wildman–Crippen MR) is 37.5 cm³/mol. The van der Waals surface area contributed by atoms with Crippen LogP contribution < -0.4 is 68.9 Å². The third-order valence-corrected chi connectivity index (χ3v) is 1.23. The molecule has 0 aliphatic rings. The van der Waals surface area contributed by atoms with Crippen molar-refractivity contribution in [3.8, 4) is 0 Å². The van der Waals surface area contributed by atoms with E-state index in [1.165, 1.54) is 6.08 Å². The summed E-state index contributed by atoms with van der Waals surface area (Å²) in [6.07, 6.45) is 6.49. The second-order valence-corrected chi connectivity index (χ2v) is 2.85. The third kappa shape index (κ3) is 19.8. The second-order valence-electron chi connectivity index (χ2n) is 1.70. The zero-order valence-electron chi connectivity index (χ0n) is 8.10. The molecule has 0 fully saturated rings. The minimum absolute atomic E-state index is 0. The van der Waals surface area contributed by atoms with E-state index in [-0.39, 0.29) is 65.7 Å². The van der Waals surface area contributed by atoms with Crippen LogP contribution >= 0.6 is 7.82 Å². The molecule has 0 aliphatic heterocycles. The average Bonchev–Trinajstić information content (AvgIpc) is 1.85. The van der Waals surface area contributed by atoms with Crippen LogP contribution in [0.5, 0.6) is 0 Å². The number of hydrogen-bond donors (Lipinski definition) is 0. The molecule has 0 radical (unpaired) electrons. The van der Waals surface area contributed by atoms with Crippen LogP contribution in [-0.2, 0) is 9.09 Å². The van der Waals surface area contributed by atoms with Gasteiger partial charge in [0.25, 0.3) is 0 Å². The van der Waals surface area contributed by atoms with Crippen LogP contribution in [0.25, 0.3) is 0 Å². The molecule has 0 spiro atoms. The van der Waals surface area contributed by atoms with Gasteiger partial charge in [-0.2, -0.15) is 0 Å². The van der Waals surface area contributed by atoms with Crippen LogP contribution in [0.4, 0.5) is 0 Å². The van der Waals surface area contributed by atoms with Gasteiger partial charge in [-0.15, -0.1) is 0 Å². The number of allylic oxidation sites excluding steroid dienone is 3. The summed E-state index contributed by atoms with van der Waals surface area (Å²) in [7, 11) is -4.79. The minimum atomic E-state index is -4.79. The van der Waals surface area contributed by atoms with Crippen LogP contribution in [0, 0.1) is 0 Å². The van der Waals surface area contributed by atoms with Gasteiger partial charge in [0.2, 0.25) is 0 Å². The van der Waals surface area contributed by atoms with Gasteiger partial charge in [-0.3, -0.25) is 0 Å². The van der Waals surface area contributed by atoms with Crippen LogP contribution in [0.1, 0.15) is 6.92 Å². The molecule has 0 bridgehead atoms. The van der Waals surface area contributed by atoms with Crippen molar-refractivity contribution < 1.29 is 78.0 Å². The first-order chi connectivity index (χ1) is 5.06. The Bertz CT molecular complexity index is 199. The van der Waals surface area contributed by atoms with Gasteiger partial charge in [-0.05, 0) is 6.92 Å². The van der Waals surface area contributed by atoms with E-state index in [1.54, 1.807) is 18.2 Å². The molecule has 4 nitrogen and oxygen atoms in total. The van der Waals surface area contributed by atoms with Gasteiger partial charge in [0.1, 0.15) is 0 Å². The predicted octanol–water partition coefficient (Wildman–Crippen LogP) is -6.03. The van der Waals surface area contributed by atoms with Gasteiger partial charge in [-0.25, -0.2) is 0 Å². The molecule has 0 aromatic heterocycles. The number of rotatable bonds is 4. The van der Waals surface area contributed by atoms with Crippen LogP contribution in [0.2, 0.25) is 0 Å². The van der Waals surface area contributed by atoms with Crippen molar-refractivity contribution in [1.82, 2.24) is 0 Å². The van der Waals surface area contributed by atoms with E-state index in [4.69, 9.17) is 0 Å². The van der Waals surface area contributed by atoms with Crippen LogP contribution in [-0.4, -0.2) is 6.61 Å². The van der Waals surface area contributed by atoms with E-state index < -0.39 is 7.82 Å². The standard InChI is InChI=1S/C6H11O4P.2Na/c1-2-3-4-5-6-10-11(7,8)9;;/h2-5H,6H2,1H3,(H2,7,8,9);;/q;2*+1/p-2/b3-2+,5-4+;;. The molecule has 0 amide bonds. The van der Waals surface area contributed by atoms with Crippen molar-refractivity contribution >= 4 is 7.82 Å². The normalized spacial score (nSPS) is 11.3. The number of phosphoric acid groups is 1. The fourth-order valence-electron chi connectivity index (χ4n) is 0.380. The topological polar surface area (TPSA) is 72.4 Å². The Hall–Kier alpha value is 1.59. The van der Waals surface area contributed by atoms with E-state index in [0.717, 1.165) is 0 Å². The largest absolute Gasteiger partial charge is 1.00 e. The van der Waals surface area contributed by atoms with Gasteiger partial charge in [0.05, 0.1) is 14.4 Å². The van der Waals surface area contributed by atoms with E-state index in [9.17, 15) is 14.4 Å². The summed E-state index contributed by atoms with van der Waals surface area (Å²) >= 11 is 0. The Labute approximate surface area is 122 Å². The monoisotopic (exact) mass is 222 g/mol. The SMILES string of the molecule is C/C=C/C=C/COP(=O)([O-])[O-].[Na+].[Na+]. The summed E-state index contributed by atoms with van der Waals surface area (Å²) in [6.45, 7) is 1.62. The summed E-state index contributed by atoms with van der Waals surface area (Å²) in [5.41, 5.74) is 0. The maximum Gasteiger partial charge on any atom is 1.00 e. The molecule has 0 rings (SSSR count). The molecule has 0 saturated heterocycles. The van der Waals surface area contributed by atoms with E-state index in [0.29, 0.717) is 0 Å². The number of phosphoric ester groups is 1. The molecule has 0 aromatic carbocycles.